The number of carbonyl (C=O) groups is 1. The standard InChI is InChI=1S/C22H28N4O/c1-6-17-9-7-8-10-20(17)25-21(27)12-11-18-15(4)19-13-23-26(14(2)3)22(19)24-16(18)5/h7-10,13-14H,6,11-12H2,1-5H3,(H,25,27). The van der Waals surface area contributed by atoms with Gasteiger partial charge in [0.2, 0.25) is 5.91 Å². The summed E-state index contributed by atoms with van der Waals surface area (Å²) < 4.78 is 1.95. The van der Waals surface area contributed by atoms with Gasteiger partial charge in [0, 0.05) is 29.2 Å². The number of carbonyl (C=O) groups excluding carboxylic acids is 1. The molecule has 0 aliphatic rings. The van der Waals surface area contributed by atoms with E-state index in [9.17, 15) is 4.79 Å². The molecule has 2 aromatic heterocycles. The van der Waals surface area contributed by atoms with Crippen molar-refractivity contribution in [1.29, 1.82) is 0 Å². The van der Waals surface area contributed by atoms with Crippen LogP contribution in [0.5, 0.6) is 0 Å². The maximum absolute atomic E-state index is 12.5. The van der Waals surface area contributed by atoms with Crippen LogP contribution in [0.4, 0.5) is 5.69 Å². The predicted octanol–water partition coefficient (Wildman–Crippen LogP) is 4.76. The van der Waals surface area contributed by atoms with Gasteiger partial charge in [-0.15, -0.1) is 0 Å². The lowest BCUT2D eigenvalue weighted by atomic mass is 10.00. The summed E-state index contributed by atoms with van der Waals surface area (Å²) in [6, 6.07) is 8.23. The van der Waals surface area contributed by atoms with Gasteiger partial charge in [-0.25, -0.2) is 9.67 Å². The summed E-state index contributed by atoms with van der Waals surface area (Å²) in [5, 5.41) is 8.60. The zero-order valence-electron chi connectivity index (χ0n) is 16.8. The second kappa shape index (κ2) is 7.91. The molecule has 0 aliphatic carbocycles. The van der Waals surface area contributed by atoms with Crippen molar-refractivity contribution in [3.8, 4) is 0 Å². The zero-order valence-corrected chi connectivity index (χ0v) is 16.8. The number of benzene rings is 1. The molecule has 27 heavy (non-hydrogen) atoms. The number of amides is 1. The summed E-state index contributed by atoms with van der Waals surface area (Å²) in [6.07, 6.45) is 3.89. The Hall–Kier alpha value is -2.69. The van der Waals surface area contributed by atoms with E-state index in [0.717, 1.165) is 40.0 Å². The van der Waals surface area contributed by atoms with Gasteiger partial charge in [0.15, 0.2) is 5.65 Å². The Morgan fingerprint density at radius 3 is 2.67 bits per heavy atom. The van der Waals surface area contributed by atoms with Crippen molar-refractivity contribution in [2.75, 3.05) is 5.32 Å². The molecule has 0 atom stereocenters. The van der Waals surface area contributed by atoms with Crippen LogP contribution in [-0.2, 0) is 17.6 Å². The highest BCUT2D eigenvalue weighted by atomic mass is 16.1. The Kier molecular flexibility index (Phi) is 5.59. The van der Waals surface area contributed by atoms with E-state index in [0.29, 0.717) is 12.8 Å². The lowest BCUT2D eigenvalue weighted by Crippen LogP contribution is -2.14. The molecule has 0 saturated heterocycles. The third-order valence-electron chi connectivity index (χ3n) is 5.10. The van der Waals surface area contributed by atoms with E-state index < -0.39 is 0 Å². The number of aryl methyl sites for hydroxylation is 3. The van der Waals surface area contributed by atoms with Crippen LogP contribution < -0.4 is 5.32 Å². The molecule has 1 N–H and O–H groups in total. The number of hydrogen-bond acceptors (Lipinski definition) is 3. The summed E-state index contributed by atoms with van der Waals surface area (Å²) in [6.45, 7) is 10.4. The number of nitrogens with one attached hydrogen (secondary N) is 1. The summed E-state index contributed by atoms with van der Waals surface area (Å²) in [5.74, 6) is 0.0349. The molecule has 0 fully saturated rings. The molecule has 0 radical (unpaired) electrons. The van der Waals surface area contributed by atoms with Crippen molar-refractivity contribution in [3.05, 3.63) is 52.8 Å². The smallest absolute Gasteiger partial charge is 0.224 e. The van der Waals surface area contributed by atoms with Crippen LogP contribution >= 0.6 is 0 Å². The van der Waals surface area contributed by atoms with Gasteiger partial charge in [-0.05, 0) is 63.3 Å². The van der Waals surface area contributed by atoms with Crippen LogP contribution in [0, 0.1) is 13.8 Å². The fraction of sp³-hybridized carbons (Fsp3) is 0.409. The van der Waals surface area contributed by atoms with Crippen molar-refractivity contribution in [1.82, 2.24) is 14.8 Å². The van der Waals surface area contributed by atoms with E-state index in [-0.39, 0.29) is 11.9 Å². The normalized spacial score (nSPS) is 11.3. The highest BCUT2D eigenvalue weighted by molar-refractivity contribution is 5.91. The minimum Gasteiger partial charge on any atom is -0.326 e. The van der Waals surface area contributed by atoms with Crippen LogP contribution in [0.1, 0.15) is 55.6 Å². The minimum absolute atomic E-state index is 0.0349. The quantitative estimate of drug-likeness (QED) is 0.686. The monoisotopic (exact) mass is 364 g/mol. The number of hydrogen-bond donors (Lipinski definition) is 1. The summed E-state index contributed by atoms with van der Waals surface area (Å²) in [7, 11) is 0. The predicted molar refractivity (Wildman–Crippen MR) is 110 cm³/mol. The van der Waals surface area contributed by atoms with Crippen molar-refractivity contribution in [3.63, 3.8) is 0 Å². The molecule has 2 heterocycles. The molecule has 0 spiro atoms. The highest BCUT2D eigenvalue weighted by Crippen LogP contribution is 2.25. The third-order valence-corrected chi connectivity index (χ3v) is 5.10. The summed E-state index contributed by atoms with van der Waals surface area (Å²) >= 11 is 0. The van der Waals surface area contributed by atoms with E-state index in [1.807, 2.05) is 42.1 Å². The van der Waals surface area contributed by atoms with Crippen LogP contribution in [0.2, 0.25) is 0 Å². The molecule has 0 bridgehead atoms. The SMILES string of the molecule is CCc1ccccc1NC(=O)CCc1c(C)nc2c(cnn2C(C)C)c1C. The van der Waals surface area contributed by atoms with Gasteiger partial charge in [0.05, 0.1) is 6.20 Å². The average molecular weight is 364 g/mol. The Bertz CT molecular complexity index is 972. The summed E-state index contributed by atoms with van der Waals surface area (Å²) in [5.41, 5.74) is 6.28. The molecular weight excluding hydrogens is 336 g/mol. The number of rotatable bonds is 6. The fourth-order valence-electron chi connectivity index (χ4n) is 3.54. The maximum Gasteiger partial charge on any atom is 0.224 e. The second-order valence-electron chi connectivity index (χ2n) is 7.28. The van der Waals surface area contributed by atoms with Gasteiger partial charge in [0.1, 0.15) is 0 Å². The molecule has 142 valence electrons. The number of anilines is 1. The van der Waals surface area contributed by atoms with E-state index in [1.54, 1.807) is 0 Å². The molecule has 0 saturated carbocycles. The largest absolute Gasteiger partial charge is 0.326 e. The Balaban J connectivity index is 1.78. The first kappa shape index (κ1) is 19.1. The van der Waals surface area contributed by atoms with Gasteiger partial charge in [-0.1, -0.05) is 25.1 Å². The molecular formula is C22H28N4O. The Labute approximate surface area is 160 Å². The van der Waals surface area contributed by atoms with E-state index >= 15 is 0 Å². The topological polar surface area (TPSA) is 59.8 Å². The lowest BCUT2D eigenvalue weighted by Gasteiger charge is -2.13. The van der Waals surface area contributed by atoms with Crippen molar-refractivity contribution in [2.45, 2.75) is 59.9 Å². The molecule has 5 nitrogen and oxygen atoms in total. The second-order valence-corrected chi connectivity index (χ2v) is 7.28. The minimum atomic E-state index is 0.0349. The first-order valence-electron chi connectivity index (χ1n) is 9.63. The molecule has 3 rings (SSSR count). The van der Waals surface area contributed by atoms with E-state index in [1.165, 1.54) is 5.56 Å². The number of fused-ring (bicyclic) bond motifs is 1. The highest BCUT2D eigenvalue weighted by Gasteiger charge is 2.16. The average Bonchev–Trinajstić information content (AvgIpc) is 3.06. The third kappa shape index (κ3) is 3.87. The van der Waals surface area contributed by atoms with E-state index in [2.05, 4.69) is 38.1 Å². The Morgan fingerprint density at radius 2 is 1.96 bits per heavy atom. The first-order valence-corrected chi connectivity index (χ1v) is 9.63. The fourth-order valence-corrected chi connectivity index (χ4v) is 3.54. The van der Waals surface area contributed by atoms with Crippen LogP contribution in [0.25, 0.3) is 11.0 Å². The lowest BCUT2D eigenvalue weighted by molar-refractivity contribution is -0.116. The zero-order chi connectivity index (χ0) is 19.6. The Morgan fingerprint density at radius 1 is 1.22 bits per heavy atom. The molecule has 3 aromatic rings. The molecule has 1 aromatic carbocycles. The van der Waals surface area contributed by atoms with Gasteiger partial charge >= 0.3 is 0 Å². The van der Waals surface area contributed by atoms with Crippen molar-refractivity contribution >= 4 is 22.6 Å². The van der Waals surface area contributed by atoms with Crippen LogP contribution in [-0.4, -0.2) is 20.7 Å². The molecule has 5 heteroatoms. The van der Waals surface area contributed by atoms with Crippen molar-refractivity contribution < 1.29 is 4.79 Å². The summed E-state index contributed by atoms with van der Waals surface area (Å²) in [4.78, 5) is 17.3. The van der Waals surface area contributed by atoms with Gasteiger partial charge < -0.3 is 5.32 Å². The molecule has 0 unspecified atom stereocenters. The number of aromatic nitrogens is 3. The first-order chi connectivity index (χ1) is 12.9. The number of pyridine rings is 1. The van der Waals surface area contributed by atoms with Crippen LogP contribution in [0.15, 0.2) is 30.5 Å². The number of nitrogens with zero attached hydrogens (tertiary/aromatic N) is 3. The van der Waals surface area contributed by atoms with Gasteiger partial charge in [-0.3, -0.25) is 4.79 Å². The molecule has 0 aliphatic heterocycles. The molecule has 1 amide bonds. The number of para-hydroxylation sites is 1. The maximum atomic E-state index is 12.5. The van der Waals surface area contributed by atoms with Crippen molar-refractivity contribution in [2.24, 2.45) is 0 Å². The van der Waals surface area contributed by atoms with Gasteiger partial charge in [0.25, 0.3) is 0 Å². The van der Waals surface area contributed by atoms with Crippen LogP contribution in [0.3, 0.4) is 0 Å². The van der Waals surface area contributed by atoms with Gasteiger partial charge in [-0.2, -0.15) is 5.10 Å². The van der Waals surface area contributed by atoms with E-state index in [4.69, 9.17) is 4.98 Å².